The standard InChI is InChI=1S/C15H18N2O/c1-15(2,18)13-6-4-5-11(9-13)12-7-8-17-14(10-12)16-3/h4-10,18H,1-3H3,(H,16,17). The normalized spacial score (nSPS) is 11.3. The molecule has 0 atom stereocenters. The SMILES string of the molecule is CNc1cc(-c2cccc(C(C)(C)O)c2)ccn1. The van der Waals surface area contributed by atoms with E-state index in [-0.39, 0.29) is 0 Å². The minimum atomic E-state index is -0.825. The van der Waals surface area contributed by atoms with Crippen LogP contribution in [0.3, 0.4) is 0 Å². The molecule has 2 rings (SSSR count). The number of rotatable bonds is 3. The molecule has 1 aromatic carbocycles. The Morgan fingerprint density at radius 3 is 2.50 bits per heavy atom. The van der Waals surface area contributed by atoms with Crippen molar-refractivity contribution in [2.75, 3.05) is 12.4 Å². The van der Waals surface area contributed by atoms with Crippen molar-refractivity contribution in [2.45, 2.75) is 19.4 Å². The lowest BCUT2D eigenvalue weighted by molar-refractivity contribution is 0.0786. The van der Waals surface area contributed by atoms with Crippen molar-refractivity contribution < 1.29 is 5.11 Å². The van der Waals surface area contributed by atoms with E-state index in [0.717, 1.165) is 22.5 Å². The van der Waals surface area contributed by atoms with Crippen molar-refractivity contribution in [3.63, 3.8) is 0 Å². The lowest BCUT2D eigenvalue weighted by atomic mass is 9.94. The Labute approximate surface area is 108 Å². The summed E-state index contributed by atoms with van der Waals surface area (Å²) in [7, 11) is 1.85. The Morgan fingerprint density at radius 2 is 1.83 bits per heavy atom. The first-order valence-electron chi connectivity index (χ1n) is 5.98. The van der Waals surface area contributed by atoms with E-state index in [0.29, 0.717) is 0 Å². The first-order chi connectivity index (χ1) is 8.50. The third kappa shape index (κ3) is 2.68. The van der Waals surface area contributed by atoms with Gasteiger partial charge in [0.05, 0.1) is 5.60 Å². The number of anilines is 1. The van der Waals surface area contributed by atoms with Crippen molar-refractivity contribution >= 4 is 5.82 Å². The Balaban J connectivity index is 2.44. The molecule has 0 fully saturated rings. The van der Waals surface area contributed by atoms with E-state index in [1.54, 1.807) is 20.0 Å². The number of pyridine rings is 1. The highest BCUT2D eigenvalue weighted by Crippen LogP contribution is 2.26. The van der Waals surface area contributed by atoms with Gasteiger partial charge in [-0.2, -0.15) is 0 Å². The van der Waals surface area contributed by atoms with Crippen molar-refractivity contribution in [2.24, 2.45) is 0 Å². The zero-order valence-electron chi connectivity index (χ0n) is 10.9. The van der Waals surface area contributed by atoms with E-state index in [2.05, 4.69) is 10.3 Å². The van der Waals surface area contributed by atoms with Crippen molar-refractivity contribution in [1.29, 1.82) is 0 Å². The largest absolute Gasteiger partial charge is 0.386 e. The molecule has 0 aliphatic heterocycles. The van der Waals surface area contributed by atoms with Gasteiger partial charge in [0.25, 0.3) is 0 Å². The zero-order chi connectivity index (χ0) is 13.2. The average Bonchev–Trinajstić information content (AvgIpc) is 2.38. The van der Waals surface area contributed by atoms with Crippen LogP contribution in [0.25, 0.3) is 11.1 Å². The van der Waals surface area contributed by atoms with Gasteiger partial charge in [0.2, 0.25) is 0 Å². The molecule has 0 saturated carbocycles. The van der Waals surface area contributed by atoms with Gasteiger partial charge < -0.3 is 10.4 Å². The number of aliphatic hydroxyl groups is 1. The van der Waals surface area contributed by atoms with Crippen molar-refractivity contribution in [1.82, 2.24) is 4.98 Å². The predicted octanol–water partition coefficient (Wildman–Crippen LogP) is 3.02. The van der Waals surface area contributed by atoms with Gasteiger partial charge in [0.15, 0.2) is 0 Å². The van der Waals surface area contributed by atoms with Crippen molar-refractivity contribution in [3.8, 4) is 11.1 Å². The van der Waals surface area contributed by atoms with Crippen LogP contribution in [0.2, 0.25) is 0 Å². The maximum Gasteiger partial charge on any atom is 0.126 e. The highest BCUT2D eigenvalue weighted by Gasteiger charge is 2.16. The van der Waals surface area contributed by atoms with E-state index in [1.807, 2.05) is 43.4 Å². The van der Waals surface area contributed by atoms with Gasteiger partial charge in [-0.05, 0) is 48.7 Å². The molecule has 0 amide bonds. The predicted molar refractivity (Wildman–Crippen MR) is 74.5 cm³/mol. The summed E-state index contributed by atoms with van der Waals surface area (Å²) in [5.74, 6) is 0.834. The fourth-order valence-corrected chi connectivity index (χ4v) is 1.83. The van der Waals surface area contributed by atoms with Gasteiger partial charge in [-0.3, -0.25) is 0 Å². The number of aromatic nitrogens is 1. The molecule has 94 valence electrons. The van der Waals surface area contributed by atoms with E-state index >= 15 is 0 Å². The van der Waals surface area contributed by atoms with E-state index < -0.39 is 5.60 Å². The minimum Gasteiger partial charge on any atom is -0.386 e. The summed E-state index contributed by atoms with van der Waals surface area (Å²) >= 11 is 0. The lowest BCUT2D eigenvalue weighted by Gasteiger charge is -2.18. The second-order valence-electron chi connectivity index (χ2n) is 4.82. The lowest BCUT2D eigenvalue weighted by Crippen LogP contribution is -2.15. The molecule has 1 heterocycles. The summed E-state index contributed by atoms with van der Waals surface area (Å²) in [5.41, 5.74) is 2.24. The number of nitrogens with zero attached hydrogens (tertiary/aromatic N) is 1. The number of nitrogens with one attached hydrogen (secondary N) is 1. The molecule has 1 aromatic heterocycles. The second-order valence-corrected chi connectivity index (χ2v) is 4.82. The molecule has 3 heteroatoms. The zero-order valence-corrected chi connectivity index (χ0v) is 10.9. The van der Waals surface area contributed by atoms with Crippen LogP contribution in [-0.2, 0) is 5.60 Å². The molecule has 0 bridgehead atoms. The van der Waals surface area contributed by atoms with Gasteiger partial charge in [0.1, 0.15) is 5.82 Å². The molecule has 0 aliphatic carbocycles. The van der Waals surface area contributed by atoms with Gasteiger partial charge in [0, 0.05) is 13.2 Å². The van der Waals surface area contributed by atoms with Gasteiger partial charge >= 0.3 is 0 Å². The first kappa shape index (κ1) is 12.6. The van der Waals surface area contributed by atoms with Crippen LogP contribution in [0.4, 0.5) is 5.82 Å². The van der Waals surface area contributed by atoms with Crippen molar-refractivity contribution in [3.05, 3.63) is 48.2 Å². The molecule has 0 aliphatic rings. The van der Waals surface area contributed by atoms with Crippen LogP contribution in [-0.4, -0.2) is 17.1 Å². The quantitative estimate of drug-likeness (QED) is 0.869. The van der Waals surface area contributed by atoms with Gasteiger partial charge in [-0.1, -0.05) is 18.2 Å². The molecule has 2 aromatic rings. The first-order valence-corrected chi connectivity index (χ1v) is 5.98. The number of hydrogen-bond acceptors (Lipinski definition) is 3. The van der Waals surface area contributed by atoms with E-state index in [9.17, 15) is 5.11 Å². The monoisotopic (exact) mass is 242 g/mol. The average molecular weight is 242 g/mol. The summed E-state index contributed by atoms with van der Waals surface area (Å²) < 4.78 is 0. The fourth-order valence-electron chi connectivity index (χ4n) is 1.83. The summed E-state index contributed by atoms with van der Waals surface area (Å²) in [6.45, 7) is 3.58. The Morgan fingerprint density at radius 1 is 1.11 bits per heavy atom. The molecular weight excluding hydrogens is 224 g/mol. The highest BCUT2D eigenvalue weighted by atomic mass is 16.3. The summed E-state index contributed by atoms with van der Waals surface area (Å²) in [4.78, 5) is 4.19. The maximum atomic E-state index is 10.0. The van der Waals surface area contributed by atoms with Crippen LogP contribution in [0.5, 0.6) is 0 Å². The number of hydrogen-bond donors (Lipinski definition) is 2. The van der Waals surface area contributed by atoms with E-state index in [4.69, 9.17) is 0 Å². The summed E-state index contributed by atoms with van der Waals surface area (Å²) in [5, 5.41) is 13.1. The molecule has 0 spiro atoms. The molecule has 0 radical (unpaired) electrons. The van der Waals surface area contributed by atoms with E-state index in [1.165, 1.54) is 0 Å². The third-order valence-electron chi connectivity index (χ3n) is 2.92. The second kappa shape index (κ2) is 4.78. The molecule has 2 N–H and O–H groups in total. The summed E-state index contributed by atoms with van der Waals surface area (Å²) in [6, 6.07) is 11.9. The smallest absolute Gasteiger partial charge is 0.126 e. The van der Waals surface area contributed by atoms with Crippen LogP contribution >= 0.6 is 0 Å². The third-order valence-corrected chi connectivity index (χ3v) is 2.92. The van der Waals surface area contributed by atoms with Gasteiger partial charge in [-0.25, -0.2) is 4.98 Å². The minimum absolute atomic E-state index is 0.825. The molecule has 0 unspecified atom stereocenters. The Bertz CT molecular complexity index is 544. The van der Waals surface area contributed by atoms with Crippen LogP contribution < -0.4 is 5.32 Å². The Hall–Kier alpha value is -1.87. The van der Waals surface area contributed by atoms with Crippen LogP contribution in [0, 0.1) is 0 Å². The molecule has 3 nitrogen and oxygen atoms in total. The topological polar surface area (TPSA) is 45.1 Å². The number of benzene rings is 1. The molecule has 0 saturated heterocycles. The molecular formula is C15H18N2O. The van der Waals surface area contributed by atoms with Gasteiger partial charge in [-0.15, -0.1) is 0 Å². The Kier molecular flexibility index (Phi) is 3.34. The molecule has 18 heavy (non-hydrogen) atoms. The summed E-state index contributed by atoms with van der Waals surface area (Å²) in [6.07, 6.45) is 1.78. The van der Waals surface area contributed by atoms with Crippen LogP contribution in [0.1, 0.15) is 19.4 Å². The maximum absolute atomic E-state index is 10.0. The highest BCUT2D eigenvalue weighted by molar-refractivity contribution is 5.67. The van der Waals surface area contributed by atoms with Crippen LogP contribution in [0.15, 0.2) is 42.6 Å². The fraction of sp³-hybridized carbons (Fsp3) is 0.267.